The van der Waals surface area contributed by atoms with E-state index < -0.39 is 0 Å². The minimum absolute atomic E-state index is 0.649. The summed E-state index contributed by atoms with van der Waals surface area (Å²) in [6.07, 6.45) is 5.42. The SMILES string of the molecule is Cc1nsc(NCCn2ccnc2)c1C#N. The van der Waals surface area contributed by atoms with Crippen molar-refractivity contribution >= 4 is 16.5 Å². The average molecular weight is 233 g/mol. The van der Waals surface area contributed by atoms with Crippen LogP contribution in [0, 0.1) is 18.3 Å². The van der Waals surface area contributed by atoms with Crippen LogP contribution in [0.3, 0.4) is 0 Å². The van der Waals surface area contributed by atoms with Crippen molar-refractivity contribution in [1.29, 1.82) is 5.26 Å². The maximum atomic E-state index is 8.93. The zero-order valence-corrected chi connectivity index (χ0v) is 9.66. The molecule has 0 aromatic carbocycles. The zero-order chi connectivity index (χ0) is 11.4. The molecule has 6 heteroatoms. The third-order valence-corrected chi connectivity index (χ3v) is 3.09. The van der Waals surface area contributed by atoms with Gasteiger partial charge in [-0.1, -0.05) is 0 Å². The molecule has 0 aliphatic heterocycles. The van der Waals surface area contributed by atoms with Crippen LogP contribution in [0.5, 0.6) is 0 Å². The van der Waals surface area contributed by atoms with Crippen LogP contribution in [0.25, 0.3) is 0 Å². The van der Waals surface area contributed by atoms with Gasteiger partial charge in [-0.05, 0) is 18.5 Å². The lowest BCUT2D eigenvalue weighted by molar-refractivity contribution is 0.728. The molecule has 0 unspecified atom stereocenters. The minimum Gasteiger partial charge on any atom is -0.373 e. The molecule has 0 bridgehead atoms. The van der Waals surface area contributed by atoms with E-state index in [-0.39, 0.29) is 0 Å². The van der Waals surface area contributed by atoms with E-state index in [2.05, 4.69) is 20.7 Å². The first-order chi connectivity index (χ1) is 7.81. The largest absolute Gasteiger partial charge is 0.373 e. The van der Waals surface area contributed by atoms with Crippen LogP contribution in [-0.4, -0.2) is 20.5 Å². The Bertz CT molecular complexity index is 494. The second-order valence-corrected chi connectivity index (χ2v) is 4.08. The van der Waals surface area contributed by atoms with Crippen molar-refractivity contribution in [1.82, 2.24) is 13.9 Å². The van der Waals surface area contributed by atoms with Gasteiger partial charge in [0.15, 0.2) is 0 Å². The monoisotopic (exact) mass is 233 g/mol. The molecule has 1 N–H and O–H groups in total. The Hall–Kier alpha value is -1.87. The number of aromatic nitrogens is 3. The Morgan fingerprint density at radius 2 is 2.50 bits per heavy atom. The van der Waals surface area contributed by atoms with E-state index in [1.807, 2.05) is 17.7 Å². The molecule has 16 heavy (non-hydrogen) atoms. The van der Waals surface area contributed by atoms with Crippen molar-refractivity contribution in [3.63, 3.8) is 0 Å². The fraction of sp³-hybridized carbons (Fsp3) is 0.300. The van der Waals surface area contributed by atoms with Crippen LogP contribution >= 0.6 is 11.5 Å². The van der Waals surface area contributed by atoms with Crippen LogP contribution in [0.1, 0.15) is 11.3 Å². The predicted octanol–water partition coefficient (Wildman–Crippen LogP) is 1.63. The summed E-state index contributed by atoms with van der Waals surface area (Å²) in [5.41, 5.74) is 1.44. The maximum absolute atomic E-state index is 8.93. The number of hydrogen-bond acceptors (Lipinski definition) is 5. The standard InChI is InChI=1S/C10H11N5S/c1-8-9(6-11)10(16-14-8)13-3-5-15-4-2-12-7-15/h2,4,7,13H,3,5H2,1H3. The van der Waals surface area contributed by atoms with Crippen LogP contribution in [-0.2, 0) is 6.54 Å². The summed E-state index contributed by atoms with van der Waals surface area (Å²) in [4.78, 5) is 3.96. The lowest BCUT2D eigenvalue weighted by Gasteiger charge is -2.04. The summed E-state index contributed by atoms with van der Waals surface area (Å²) in [5, 5.41) is 13.0. The van der Waals surface area contributed by atoms with E-state index >= 15 is 0 Å². The molecule has 2 aromatic heterocycles. The molecule has 2 aromatic rings. The summed E-state index contributed by atoms with van der Waals surface area (Å²) in [6, 6.07) is 2.15. The van der Waals surface area contributed by atoms with E-state index in [1.165, 1.54) is 11.5 Å². The number of rotatable bonds is 4. The average Bonchev–Trinajstić information content (AvgIpc) is 2.89. The minimum atomic E-state index is 0.649. The van der Waals surface area contributed by atoms with E-state index in [9.17, 15) is 0 Å². The molecule has 0 fully saturated rings. The Kier molecular flexibility index (Phi) is 3.17. The number of anilines is 1. The highest BCUT2D eigenvalue weighted by molar-refractivity contribution is 7.10. The van der Waals surface area contributed by atoms with Crippen molar-refractivity contribution < 1.29 is 0 Å². The lowest BCUT2D eigenvalue weighted by Crippen LogP contribution is -2.08. The molecule has 2 heterocycles. The fourth-order valence-electron chi connectivity index (χ4n) is 1.34. The quantitative estimate of drug-likeness (QED) is 0.871. The van der Waals surface area contributed by atoms with Gasteiger partial charge in [0.2, 0.25) is 0 Å². The van der Waals surface area contributed by atoms with Crippen molar-refractivity contribution in [3.05, 3.63) is 30.0 Å². The topological polar surface area (TPSA) is 66.5 Å². The second kappa shape index (κ2) is 4.77. The van der Waals surface area contributed by atoms with Crippen molar-refractivity contribution in [2.45, 2.75) is 13.5 Å². The van der Waals surface area contributed by atoms with Crippen LogP contribution in [0.2, 0.25) is 0 Å². The zero-order valence-electron chi connectivity index (χ0n) is 8.84. The molecule has 5 nitrogen and oxygen atoms in total. The summed E-state index contributed by atoms with van der Waals surface area (Å²) in [6.45, 7) is 3.42. The molecular weight excluding hydrogens is 222 g/mol. The molecule has 0 saturated heterocycles. The maximum Gasteiger partial charge on any atom is 0.127 e. The molecule has 82 valence electrons. The lowest BCUT2D eigenvalue weighted by atomic mass is 10.3. The summed E-state index contributed by atoms with van der Waals surface area (Å²) >= 11 is 1.33. The van der Waals surface area contributed by atoms with Gasteiger partial charge in [0.1, 0.15) is 16.6 Å². The molecule has 0 aliphatic rings. The van der Waals surface area contributed by atoms with E-state index in [0.717, 1.165) is 23.8 Å². The first-order valence-electron chi connectivity index (χ1n) is 4.87. The normalized spacial score (nSPS) is 10.0. The van der Waals surface area contributed by atoms with Crippen LogP contribution < -0.4 is 5.32 Å². The van der Waals surface area contributed by atoms with Gasteiger partial charge in [0.05, 0.1) is 12.0 Å². The predicted molar refractivity (Wildman–Crippen MR) is 62.3 cm³/mol. The third-order valence-electron chi connectivity index (χ3n) is 2.19. The summed E-state index contributed by atoms with van der Waals surface area (Å²) in [7, 11) is 0. The number of nitrogens with one attached hydrogen (secondary N) is 1. The van der Waals surface area contributed by atoms with Crippen LogP contribution in [0.4, 0.5) is 5.00 Å². The Labute approximate surface area is 97.5 Å². The van der Waals surface area contributed by atoms with E-state index in [4.69, 9.17) is 5.26 Å². The number of hydrogen-bond donors (Lipinski definition) is 1. The van der Waals surface area contributed by atoms with Gasteiger partial charge in [0.25, 0.3) is 0 Å². The molecule has 0 aliphatic carbocycles. The smallest absolute Gasteiger partial charge is 0.127 e. The molecular formula is C10H11N5S. The Morgan fingerprint density at radius 3 is 3.19 bits per heavy atom. The fourth-order valence-corrected chi connectivity index (χ4v) is 2.11. The number of nitrogens with zero attached hydrogens (tertiary/aromatic N) is 4. The van der Waals surface area contributed by atoms with Gasteiger partial charge in [-0.15, -0.1) is 0 Å². The van der Waals surface area contributed by atoms with Gasteiger partial charge in [-0.25, -0.2) is 4.98 Å². The van der Waals surface area contributed by atoms with Gasteiger partial charge in [-0.3, -0.25) is 0 Å². The number of imidazole rings is 1. The molecule has 0 spiro atoms. The summed E-state index contributed by atoms with van der Waals surface area (Å²) < 4.78 is 6.12. The number of aryl methyl sites for hydroxylation is 1. The van der Waals surface area contributed by atoms with Gasteiger partial charge in [-0.2, -0.15) is 9.64 Å². The first kappa shape index (κ1) is 10.6. The highest BCUT2D eigenvalue weighted by Gasteiger charge is 2.08. The Morgan fingerprint density at radius 1 is 1.62 bits per heavy atom. The van der Waals surface area contributed by atoms with Gasteiger partial charge >= 0.3 is 0 Å². The summed E-state index contributed by atoms with van der Waals surface area (Å²) in [5.74, 6) is 0. The van der Waals surface area contributed by atoms with Gasteiger partial charge < -0.3 is 9.88 Å². The Balaban J connectivity index is 1.93. The van der Waals surface area contributed by atoms with Crippen LogP contribution in [0.15, 0.2) is 18.7 Å². The molecule has 0 atom stereocenters. The second-order valence-electron chi connectivity index (χ2n) is 3.31. The molecule has 2 rings (SSSR count). The highest BCUT2D eigenvalue weighted by atomic mass is 32.1. The van der Waals surface area contributed by atoms with Crippen molar-refractivity contribution in [2.75, 3.05) is 11.9 Å². The first-order valence-corrected chi connectivity index (χ1v) is 5.64. The molecule has 0 saturated carbocycles. The molecule has 0 radical (unpaired) electrons. The van der Waals surface area contributed by atoms with Crippen molar-refractivity contribution in [3.8, 4) is 6.07 Å². The van der Waals surface area contributed by atoms with E-state index in [0.29, 0.717) is 5.56 Å². The van der Waals surface area contributed by atoms with E-state index in [1.54, 1.807) is 12.5 Å². The molecule has 0 amide bonds. The third kappa shape index (κ3) is 2.20. The number of nitriles is 1. The van der Waals surface area contributed by atoms with Crippen molar-refractivity contribution in [2.24, 2.45) is 0 Å². The van der Waals surface area contributed by atoms with Gasteiger partial charge in [0, 0.05) is 25.5 Å². The highest BCUT2D eigenvalue weighted by Crippen LogP contribution is 2.22.